The van der Waals surface area contributed by atoms with Gasteiger partial charge in [-0.1, -0.05) is 16.7 Å². The molecule has 2 aromatic carbocycles. The molecule has 1 heterocycles. The molecule has 1 aromatic heterocycles. The second-order valence-corrected chi connectivity index (χ2v) is 5.38. The molecule has 0 saturated heterocycles. The van der Waals surface area contributed by atoms with Crippen LogP contribution in [0.15, 0.2) is 52.9 Å². The molecular weight excluding hydrogens is 346 g/mol. The highest BCUT2D eigenvalue weighted by molar-refractivity contribution is 6.30. The number of halogens is 1. The van der Waals surface area contributed by atoms with Crippen LogP contribution in [0.5, 0.6) is 0 Å². The van der Waals surface area contributed by atoms with Crippen molar-refractivity contribution in [2.45, 2.75) is 0 Å². The van der Waals surface area contributed by atoms with Gasteiger partial charge in [-0.25, -0.2) is 4.79 Å². The van der Waals surface area contributed by atoms with E-state index in [9.17, 15) is 9.59 Å². The number of amides is 1. The van der Waals surface area contributed by atoms with Crippen molar-refractivity contribution in [3.05, 3.63) is 64.7 Å². The minimum Gasteiger partial charge on any atom is -0.465 e. The van der Waals surface area contributed by atoms with Gasteiger partial charge in [-0.05, 0) is 48.5 Å². The fourth-order valence-corrected chi connectivity index (χ4v) is 2.15. The van der Waals surface area contributed by atoms with Crippen LogP contribution in [-0.2, 0) is 4.74 Å². The quantitative estimate of drug-likeness (QED) is 0.719. The largest absolute Gasteiger partial charge is 0.465 e. The van der Waals surface area contributed by atoms with Gasteiger partial charge < -0.3 is 9.15 Å². The summed E-state index contributed by atoms with van der Waals surface area (Å²) in [6, 6.07) is 12.8. The zero-order chi connectivity index (χ0) is 17.8. The first-order valence-electron chi connectivity index (χ1n) is 7.16. The topological polar surface area (TPSA) is 94.3 Å². The Morgan fingerprint density at radius 3 is 2.28 bits per heavy atom. The number of nitrogens with one attached hydrogen (secondary N) is 1. The number of hydrogen-bond donors (Lipinski definition) is 1. The number of benzene rings is 2. The molecule has 0 spiro atoms. The van der Waals surface area contributed by atoms with Gasteiger partial charge in [0, 0.05) is 16.1 Å². The smallest absolute Gasteiger partial charge is 0.337 e. The van der Waals surface area contributed by atoms with Crippen LogP contribution < -0.4 is 5.32 Å². The maximum Gasteiger partial charge on any atom is 0.337 e. The summed E-state index contributed by atoms with van der Waals surface area (Å²) >= 11 is 5.83. The molecule has 0 fully saturated rings. The van der Waals surface area contributed by atoms with Crippen LogP contribution in [0.25, 0.3) is 11.5 Å². The van der Waals surface area contributed by atoms with Crippen LogP contribution in [0.3, 0.4) is 0 Å². The molecule has 8 heteroatoms. The fraction of sp³-hybridized carbons (Fsp3) is 0.0588. The number of carbonyl (C=O) groups excluding carboxylic acids is 2. The molecule has 0 unspecified atom stereocenters. The molecule has 1 amide bonds. The van der Waals surface area contributed by atoms with Gasteiger partial charge in [0.15, 0.2) is 0 Å². The van der Waals surface area contributed by atoms with E-state index in [0.717, 1.165) is 0 Å². The Morgan fingerprint density at radius 2 is 1.64 bits per heavy atom. The Morgan fingerprint density at radius 1 is 1.00 bits per heavy atom. The summed E-state index contributed by atoms with van der Waals surface area (Å²) in [5.41, 5.74) is 1.36. The highest BCUT2D eigenvalue weighted by atomic mass is 35.5. The number of anilines is 1. The van der Waals surface area contributed by atoms with E-state index in [1.165, 1.54) is 31.4 Å². The third kappa shape index (κ3) is 3.84. The molecule has 25 heavy (non-hydrogen) atoms. The summed E-state index contributed by atoms with van der Waals surface area (Å²) in [5.74, 6) is -0.660. The Balaban J connectivity index is 1.71. The van der Waals surface area contributed by atoms with Gasteiger partial charge in [-0.3, -0.25) is 10.1 Å². The van der Waals surface area contributed by atoms with E-state index in [1.807, 2.05) is 0 Å². The molecule has 0 saturated carbocycles. The summed E-state index contributed by atoms with van der Waals surface area (Å²) in [5, 5.41) is 10.8. The first-order chi connectivity index (χ1) is 12.1. The lowest BCUT2D eigenvalue weighted by atomic mass is 10.1. The van der Waals surface area contributed by atoms with Crippen LogP contribution in [-0.4, -0.2) is 29.2 Å². The van der Waals surface area contributed by atoms with E-state index in [-0.39, 0.29) is 11.9 Å². The number of esters is 1. The number of ether oxygens (including phenoxy) is 1. The van der Waals surface area contributed by atoms with Gasteiger partial charge in [-0.15, -0.1) is 5.10 Å². The van der Waals surface area contributed by atoms with Crippen molar-refractivity contribution in [3.63, 3.8) is 0 Å². The average Bonchev–Trinajstić information content (AvgIpc) is 3.10. The van der Waals surface area contributed by atoms with Crippen molar-refractivity contribution < 1.29 is 18.7 Å². The Bertz CT molecular complexity index is 904. The summed E-state index contributed by atoms with van der Waals surface area (Å²) in [6.07, 6.45) is 0. The van der Waals surface area contributed by atoms with Gasteiger partial charge in [-0.2, -0.15) is 0 Å². The first-order valence-corrected chi connectivity index (χ1v) is 7.54. The van der Waals surface area contributed by atoms with Crippen molar-refractivity contribution in [2.75, 3.05) is 12.4 Å². The molecule has 126 valence electrons. The minimum absolute atomic E-state index is 0.0352. The molecule has 7 nitrogen and oxygen atoms in total. The molecule has 0 aliphatic rings. The normalized spacial score (nSPS) is 10.3. The minimum atomic E-state index is -0.475. The van der Waals surface area contributed by atoms with Crippen LogP contribution in [0.2, 0.25) is 5.02 Å². The number of hydrogen-bond acceptors (Lipinski definition) is 6. The molecule has 3 rings (SSSR count). The molecule has 0 radical (unpaired) electrons. The van der Waals surface area contributed by atoms with Crippen LogP contribution in [0.1, 0.15) is 20.7 Å². The van der Waals surface area contributed by atoms with Crippen molar-refractivity contribution in [1.82, 2.24) is 10.2 Å². The summed E-state index contributed by atoms with van der Waals surface area (Å²) in [7, 11) is 1.29. The fourth-order valence-electron chi connectivity index (χ4n) is 2.03. The maximum atomic E-state index is 12.2. The Hall–Kier alpha value is -3.19. The summed E-state index contributed by atoms with van der Waals surface area (Å²) in [4.78, 5) is 23.6. The van der Waals surface area contributed by atoms with Gasteiger partial charge in [0.1, 0.15) is 0 Å². The lowest BCUT2D eigenvalue weighted by Crippen LogP contribution is -2.12. The predicted octanol–water partition coefficient (Wildman–Crippen LogP) is 3.43. The van der Waals surface area contributed by atoms with Gasteiger partial charge in [0.2, 0.25) is 5.89 Å². The van der Waals surface area contributed by atoms with E-state index in [2.05, 4.69) is 20.3 Å². The van der Waals surface area contributed by atoms with Gasteiger partial charge in [0.25, 0.3) is 5.91 Å². The summed E-state index contributed by atoms with van der Waals surface area (Å²) < 4.78 is 10.0. The average molecular weight is 358 g/mol. The molecule has 0 aliphatic carbocycles. The summed E-state index contributed by atoms with van der Waals surface area (Å²) in [6.45, 7) is 0. The van der Waals surface area contributed by atoms with Gasteiger partial charge in [0.05, 0.1) is 12.7 Å². The molecule has 0 aliphatic heterocycles. The van der Waals surface area contributed by atoms with Crippen molar-refractivity contribution in [2.24, 2.45) is 0 Å². The number of rotatable bonds is 4. The van der Waals surface area contributed by atoms with Crippen LogP contribution in [0.4, 0.5) is 6.01 Å². The second kappa shape index (κ2) is 7.14. The monoisotopic (exact) mass is 357 g/mol. The van der Waals surface area contributed by atoms with Gasteiger partial charge >= 0.3 is 12.0 Å². The third-order valence-corrected chi connectivity index (χ3v) is 3.56. The van der Waals surface area contributed by atoms with Crippen LogP contribution >= 0.6 is 11.6 Å². The third-order valence-electron chi connectivity index (χ3n) is 3.30. The SMILES string of the molecule is COC(=O)c1ccc(C(=O)Nc2nnc(-c3ccc(Cl)cc3)o2)cc1. The Labute approximate surface area is 147 Å². The highest BCUT2D eigenvalue weighted by Crippen LogP contribution is 2.22. The maximum absolute atomic E-state index is 12.2. The van der Waals surface area contributed by atoms with E-state index < -0.39 is 11.9 Å². The van der Waals surface area contributed by atoms with E-state index in [0.29, 0.717) is 21.7 Å². The van der Waals surface area contributed by atoms with E-state index in [1.54, 1.807) is 24.3 Å². The molecule has 3 aromatic rings. The zero-order valence-electron chi connectivity index (χ0n) is 13.0. The number of nitrogens with zero attached hydrogens (tertiary/aromatic N) is 2. The predicted molar refractivity (Wildman–Crippen MR) is 90.5 cm³/mol. The molecular formula is C17H12ClN3O4. The highest BCUT2D eigenvalue weighted by Gasteiger charge is 2.13. The van der Waals surface area contributed by atoms with E-state index in [4.69, 9.17) is 16.0 Å². The van der Waals surface area contributed by atoms with E-state index >= 15 is 0 Å². The number of methoxy groups -OCH3 is 1. The van der Waals surface area contributed by atoms with Crippen molar-refractivity contribution >= 4 is 29.5 Å². The van der Waals surface area contributed by atoms with Crippen molar-refractivity contribution in [1.29, 1.82) is 0 Å². The number of aromatic nitrogens is 2. The lowest BCUT2D eigenvalue weighted by Gasteiger charge is -2.02. The molecule has 0 bridgehead atoms. The molecule has 0 atom stereocenters. The van der Waals surface area contributed by atoms with Crippen molar-refractivity contribution in [3.8, 4) is 11.5 Å². The Kier molecular flexibility index (Phi) is 4.76. The lowest BCUT2D eigenvalue weighted by molar-refractivity contribution is 0.0600. The zero-order valence-corrected chi connectivity index (χ0v) is 13.8. The second-order valence-electron chi connectivity index (χ2n) is 4.94. The number of carbonyl (C=O) groups is 2. The standard InChI is InChI=1S/C17H12ClN3O4/c1-24-16(23)12-4-2-10(3-5-12)14(22)19-17-21-20-15(25-17)11-6-8-13(18)9-7-11/h2-9H,1H3,(H,19,21,22). The first kappa shape index (κ1) is 16.7. The molecule has 1 N–H and O–H groups in total. The van der Waals surface area contributed by atoms with Crippen LogP contribution in [0, 0.1) is 0 Å².